The lowest BCUT2D eigenvalue weighted by molar-refractivity contribution is 0.219. The van der Waals surface area contributed by atoms with Crippen LogP contribution in [0, 0.1) is 0 Å². The van der Waals surface area contributed by atoms with E-state index in [-0.39, 0.29) is 0 Å². The molecule has 0 bridgehead atoms. The van der Waals surface area contributed by atoms with Gasteiger partial charge in [0.1, 0.15) is 11.6 Å². The third-order valence-electron chi connectivity index (χ3n) is 5.66. The van der Waals surface area contributed by atoms with Gasteiger partial charge >= 0.3 is 0 Å². The fourth-order valence-corrected chi connectivity index (χ4v) is 4.96. The molecule has 0 aliphatic carbocycles. The quantitative estimate of drug-likeness (QED) is 0.348. The molecule has 0 saturated carbocycles. The SMILES string of the molecule is O[C@@H](c1cn(C(c2ccccc2)(c2ccccc2)c2ccccc2)cn1)c1cccs1. The molecular weight excluding hydrogens is 400 g/mol. The van der Waals surface area contributed by atoms with Crippen LogP contribution in [0.4, 0.5) is 0 Å². The molecule has 0 spiro atoms. The number of rotatable bonds is 6. The van der Waals surface area contributed by atoms with E-state index in [0.29, 0.717) is 5.69 Å². The molecule has 5 rings (SSSR count). The van der Waals surface area contributed by atoms with Gasteiger partial charge in [0.2, 0.25) is 0 Å². The second kappa shape index (κ2) is 8.34. The average molecular weight is 423 g/mol. The summed E-state index contributed by atoms with van der Waals surface area (Å²) < 4.78 is 2.12. The molecule has 3 nitrogen and oxygen atoms in total. The molecule has 0 aliphatic heterocycles. The Morgan fingerprint density at radius 2 is 1.23 bits per heavy atom. The van der Waals surface area contributed by atoms with Crippen molar-refractivity contribution >= 4 is 11.3 Å². The minimum Gasteiger partial charge on any atom is -0.381 e. The Balaban J connectivity index is 1.77. The summed E-state index contributed by atoms with van der Waals surface area (Å²) >= 11 is 1.53. The Morgan fingerprint density at radius 1 is 0.710 bits per heavy atom. The first-order valence-corrected chi connectivity index (χ1v) is 11.1. The largest absolute Gasteiger partial charge is 0.381 e. The maximum atomic E-state index is 10.9. The Hall–Kier alpha value is -3.47. The molecule has 2 aromatic heterocycles. The Bertz CT molecular complexity index is 1140. The highest BCUT2D eigenvalue weighted by atomic mass is 32.1. The zero-order valence-corrected chi connectivity index (χ0v) is 17.7. The lowest BCUT2D eigenvalue weighted by Crippen LogP contribution is -2.37. The monoisotopic (exact) mass is 422 g/mol. The van der Waals surface area contributed by atoms with Gasteiger partial charge in [-0.15, -0.1) is 11.3 Å². The number of aliphatic hydroxyl groups is 1. The number of hydrogen-bond acceptors (Lipinski definition) is 3. The van der Waals surface area contributed by atoms with Crippen LogP contribution in [0.1, 0.15) is 33.4 Å². The molecule has 1 atom stereocenters. The Labute approximate surface area is 185 Å². The second-order valence-electron chi connectivity index (χ2n) is 7.43. The summed E-state index contributed by atoms with van der Waals surface area (Å²) in [5.41, 5.74) is 3.39. The van der Waals surface area contributed by atoms with Crippen molar-refractivity contribution in [2.45, 2.75) is 11.6 Å². The van der Waals surface area contributed by atoms with E-state index in [1.807, 2.05) is 48.2 Å². The first-order chi connectivity index (χ1) is 15.3. The molecule has 0 fully saturated rings. The van der Waals surface area contributed by atoms with E-state index in [1.165, 1.54) is 11.3 Å². The van der Waals surface area contributed by atoms with Crippen molar-refractivity contribution in [3.05, 3.63) is 148 Å². The van der Waals surface area contributed by atoms with Crippen LogP contribution >= 0.6 is 11.3 Å². The first-order valence-electron chi connectivity index (χ1n) is 10.2. The van der Waals surface area contributed by atoms with Gasteiger partial charge in [0, 0.05) is 11.1 Å². The van der Waals surface area contributed by atoms with Crippen LogP contribution in [0.3, 0.4) is 0 Å². The third-order valence-corrected chi connectivity index (χ3v) is 6.58. The number of nitrogens with zero attached hydrogens (tertiary/aromatic N) is 2. The standard InChI is InChI=1S/C27H22N2OS/c30-26(25-17-10-18-31-25)24-19-29(20-28-24)27(21-11-4-1-5-12-21,22-13-6-2-7-14-22)23-15-8-3-9-16-23/h1-20,26,30H/t26-/m0/s1. The molecule has 0 saturated heterocycles. The maximum absolute atomic E-state index is 10.9. The summed E-state index contributed by atoms with van der Waals surface area (Å²) in [4.78, 5) is 5.52. The highest BCUT2D eigenvalue weighted by Gasteiger charge is 2.38. The number of thiophene rings is 1. The predicted molar refractivity (Wildman–Crippen MR) is 125 cm³/mol. The van der Waals surface area contributed by atoms with Crippen LogP contribution in [0.25, 0.3) is 0 Å². The van der Waals surface area contributed by atoms with E-state index < -0.39 is 11.6 Å². The molecule has 31 heavy (non-hydrogen) atoms. The third kappa shape index (κ3) is 3.40. The molecule has 3 aromatic carbocycles. The first kappa shape index (κ1) is 19.5. The lowest BCUT2D eigenvalue weighted by atomic mass is 9.77. The predicted octanol–water partition coefficient (Wildman–Crippen LogP) is 5.87. The Morgan fingerprint density at radius 3 is 1.68 bits per heavy atom. The minimum absolute atomic E-state index is 0.621. The number of imidazole rings is 1. The van der Waals surface area contributed by atoms with Gasteiger partial charge < -0.3 is 9.67 Å². The maximum Gasteiger partial charge on any atom is 0.132 e. The van der Waals surface area contributed by atoms with Crippen LogP contribution in [-0.2, 0) is 5.54 Å². The van der Waals surface area contributed by atoms with Gasteiger partial charge in [-0.2, -0.15) is 0 Å². The molecule has 0 amide bonds. The zero-order chi connectivity index (χ0) is 21.1. The van der Waals surface area contributed by atoms with E-state index in [1.54, 1.807) is 0 Å². The molecular formula is C27H22N2OS. The van der Waals surface area contributed by atoms with Gasteiger partial charge in [0.05, 0.1) is 12.0 Å². The van der Waals surface area contributed by atoms with Gasteiger partial charge in [0.15, 0.2) is 0 Å². The van der Waals surface area contributed by atoms with E-state index in [0.717, 1.165) is 21.6 Å². The van der Waals surface area contributed by atoms with Gasteiger partial charge in [-0.1, -0.05) is 97.1 Å². The molecule has 5 aromatic rings. The van der Waals surface area contributed by atoms with Crippen LogP contribution < -0.4 is 0 Å². The van der Waals surface area contributed by atoms with Crippen molar-refractivity contribution in [2.75, 3.05) is 0 Å². The number of benzene rings is 3. The Kier molecular flexibility index (Phi) is 5.24. The summed E-state index contributed by atoms with van der Waals surface area (Å²) in [5, 5.41) is 12.9. The van der Waals surface area contributed by atoms with E-state index in [2.05, 4.69) is 82.3 Å². The van der Waals surface area contributed by atoms with Crippen molar-refractivity contribution in [2.24, 2.45) is 0 Å². The highest BCUT2D eigenvalue weighted by molar-refractivity contribution is 7.10. The van der Waals surface area contributed by atoms with Crippen molar-refractivity contribution < 1.29 is 5.11 Å². The molecule has 4 heteroatoms. The number of aliphatic hydroxyl groups excluding tert-OH is 1. The van der Waals surface area contributed by atoms with Crippen molar-refractivity contribution in [3.8, 4) is 0 Å². The number of hydrogen-bond donors (Lipinski definition) is 1. The molecule has 1 N–H and O–H groups in total. The zero-order valence-electron chi connectivity index (χ0n) is 16.9. The fraction of sp³-hybridized carbons (Fsp3) is 0.0741. The van der Waals surface area contributed by atoms with Crippen molar-refractivity contribution in [1.29, 1.82) is 0 Å². The van der Waals surface area contributed by atoms with Crippen molar-refractivity contribution in [3.63, 3.8) is 0 Å². The topological polar surface area (TPSA) is 38.0 Å². The van der Waals surface area contributed by atoms with E-state index in [4.69, 9.17) is 0 Å². The number of aromatic nitrogens is 2. The van der Waals surface area contributed by atoms with Crippen LogP contribution in [-0.4, -0.2) is 14.7 Å². The summed E-state index contributed by atoms with van der Waals surface area (Å²) in [7, 11) is 0. The van der Waals surface area contributed by atoms with Crippen molar-refractivity contribution in [1.82, 2.24) is 9.55 Å². The van der Waals surface area contributed by atoms with Crippen LogP contribution in [0.15, 0.2) is 121 Å². The molecule has 152 valence electrons. The summed E-state index contributed by atoms with van der Waals surface area (Å²) in [6, 6.07) is 35.3. The van der Waals surface area contributed by atoms with Gasteiger partial charge in [-0.3, -0.25) is 0 Å². The second-order valence-corrected chi connectivity index (χ2v) is 8.41. The normalized spacial score (nSPS) is 12.5. The van der Waals surface area contributed by atoms with Crippen LogP contribution in [0.2, 0.25) is 0 Å². The summed E-state index contributed by atoms with van der Waals surface area (Å²) in [5.74, 6) is 0. The highest BCUT2D eigenvalue weighted by Crippen LogP contribution is 2.41. The van der Waals surface area contributed by atoms with Gasteiger partial charge in [0.25, 0.3) is 0 Å². The fourth-order valence-electron chi connectivity index (χ4n) is 4.24. The van der Waals surface area contributed by atoms with E-state index >= 15 is 0 Å². The smallest absolute Gasteiger partial charge is 0.132 e. The van der Waals surface area contributed by atoms with Gasteiger partial charge in [-0.05, 0) is 28.1 Å². The average Bonchev–Trinajstić information content (AvgIpc) is 3.55. The molecule has 2 heterocycles. The minimum atomic E-state index is -0.749. The van der Waals surface area contributed by atoms with Crippen LogP contribution in [0.5, 0.6) is 0 Å². The molecule has 0 unspecified atom stereocenters. The van der Waals surface area contributed by atoms with E-state index in [9.17, 15) is 5.11 Å². The summed E-state index contributed by atoms with van der Waals surface area (Å²) in [6.45, 7) is 0. The summed E-state index contributed by atoms with van der Waals surface area (Å²) in [6.07, 6.45) is 3.05. The lowest BCUT2D eigenvalue weighted by Gasteiger charge is -2.37. The van der Waals surface area contributed by atoms with Gasteiger partial charge in [-0.25, -0.2) is 4.98 Å². The molecule has 0 radical (unpaired) electrons. The molecule has 0 aliphatic rings.